The maximum atomic E-state index is 12.3. The Bertz CT molecular complexity index is 819. The van der Waals surface area contributed by atoms with Gasteiger partial charge >= 0.3 is 5.97 Å². The molecule has 4 nitrogen and oxygen atoms in total. The average Bonchev–Trinajstić information content (AvgIpc) is 3.01. The molecule has 2 rings (SSSR count). The smallest absolute Gasteiger partial charge is 0.344 e. The lowest BCUT2D eigenvalue weighted by molar-refractivity contribution is -0.146. The van der Waals surface area contributed by atoms with Gasteiger partial charge in [-0.3, -0.25) is 0 Å². The van der Waals surface area contributed by atoms with Gasteiger partial charge in [0.2, 0.25) is 0 Å². The molecule has 0 saturated carbocycles. The maximum absolute atomic E-state index is 12.3. The predicted molar refractivity (Wildman–Crippen MR) is 182 cm³/mol. The van der Waals surface area contributed by atoms with Crippen LogP contribution in [0.4, 0.5) is 0 Å². The van der Waals surface area contributed by atoms with Crippen LogP contribution in [-0.2, 0) is 22.4 Å². The lowest BCUT2D eigenvalue weighted by Crippen LogP contribution is -2.30. The molecule has 1 aliphatic rings. The largest absolute Gasteiger partial charge is 0.482 e. The predicted octanol–water partition coefficient (Wildman–Crippen LogP) is 10.9. The van der Waals surface area contributed by atoms with Crippen LogP contribution in [0.15, 0.2) is 18.2 Å². The van der Waals surface area contributed by atoms with Gasteiger partial charge in [0.1, 0.15) is 5.75 Å². The van der Waals surface area contributed by atoms with E-state index >= 15 is 0 Å². The highest BCUT2D eigenvalue weighted by molar-refractivity contribution is 5.71. The van der Waals surface area contributed by atoms with Gasteiger partial charge < -0.3 is 14.6 Å². The molecule has 43 heavy (non-hydrogen) atoms. The van der Waals surface area contributed by atoms with Crippen LogP contribution in [0, 0.1) is 11.8 Å². The Kier molecular flexibility index (Phi) is 21.6. The van der Waals surface area contributed by atoms with Gasteiger partial charge in [0, 0.05) is 0 Å². The molecule has 248 valence electrons. The van der Waals surface area contributed by atoms with Crippen LogP contribution in [0.25, 0.3) is 0 Å². The quantitative estimate of drug-likeness (QED) is 0.0806. The van der Waals surface area contributed by atoms with E-state index in [-0.39, 0.29) is 18.7 Å². The Morgan fingerprint density at radius 3 is 1.88 bits per heavy atom. The number of esters is 1. The van der Waals surface area contributed by atoms with Gasteiger partial charge in [-0.1, -0.05) is 148 Å². The van der Waals surface area contributed by atoms with Crippen LogP contribution in [0.2, 0.25) is 0 Å². The van der Waals surface area contributed by atoms with Crippen LogP contribution in [0.3, 0.4) is 0 Å². The molecule has 1 aromatic rings. The van der Waals surface area contributed by atoms with Gasteiger partial charge in [0.25, 0.3) is 0 Å². The maximum Gasteiger partial charge on any atom is 0.344 e. The molecule has 0 aliphatic heterocycles. The van der Waals surface area contributed by atoms with Crippen molar-refractivity contribution in [3.05, 3.63) is 29.3 Å². The summed E-state index contributed by atoms with van der Waals surface area (Å²) < 4.78 is 11.4. The molecule has 0 amide bonds. The van der Waals surface area contributed by atoms with Crippen molar-refractivity contribution < 1.29 is 19.4 Å². The van der Waals surface area contributed by atoms with Crippen molar-refractivity contribution >= 4 is 5.97 Å². The second kappa shape index (κ2) is 24.7. The van der Waals surface area contributed by atoms with Crippen molar-refractivity contribution in [1.82, 2.24) is 0 Å². The number of ether oxygens (including phenoxy) is 2. The highest BCUT2D eigenvalue weighted by Crippen LogP contribution is 2.38. The summed E-state index contributed by atoms with van der Waals surface area (Å²) in [6.07, 6.45) is 30.1. The van der Waals surface area contributed by atoms with E-state index in [9.17, 15) is 9.90 Å². The number of unbranched alkanes of at least 4 members (excludes halogenated alkanes) is 18. The zero-order valence-corrected chi connectivity index (χ0v) is 28.5. The molecule has 1 N–H and O–H groups in total. The second-order valence-electron chi connectivity index (χ2n) is 13.5. The molecule has 0 saturated heterocycles. The topological polar surface area (TPSA) is 55.8 Å². The number of aliphatic hydroxyl groups is 1. The standard InChI is InChI=1S/C39H68O4/c1-4-6-8-10-12-13-14-15-16-17-18-19-21-23-30-42-39(41)32-43-38-27-24-25-34-31-35(28-29-37(34)38)36(33(3)40)26-22-20-11-9-7-5-2/h24-25,27,33,35-36,40H,4-23,26,28-32H2,1-3H3/t33-,35-,36?/m1/s1. The monoisotopic (exact) mass is 601 g/mol. The molecule has 0 aromatic heterocycles. The Balaban J connectivity index is 1.57. The number of hydrogen-bond donors (Lipinski definition) is 1. The Morgan fingerprint density at radius 1 is 0.791 bits per heavy atom. The Labute approximate surface area is 266 Å². The van der Waals surface area contributed by atoms with E-state index in [1.54, 1.807) is 0 Å². The van der Waals surface area contributed by atoms with Crippen molar-refractivity contribution in [3.63, 3.8) is 0 Å². The first-order chi connectivity index (χ1) is 21.1. The van der Waals surface area contributed by atoms with Crippen LogP contribution in [0.5, 0.6) is 5.75 Å². The third kappa shape index (κ3) is 16.9. The number of benzene rings is 1. The van der Waals surface area contributed by atoms with Crippen LogP contribution in [0.1, 0.15) is 173 Å². The van der Waals surface area contributed by atoms with E-state index in [0.29, 0.717) is 18.4 Å². The van der Waals surface area contributed by atoms with E-state index in [1.807, 2.05) is 19.1 Å². The van der Waals surface area contributed by atoms with E-state index in [2.05, 4.69) is 19.9 Å². The summed E-state index contributed by atoms with van der Waals surface area (Å²) >= 11 is 0. The molecule has 0 heterocycles. The van der Waals surface area contributed by atoms with Gasteiger partial charge in [-0.2, -0.15) is 0 Å². The minimum atomic E-state index is -0.269. The number of rotatable bonds is 27. The number of carbonyl (C=O) groups is 1. The fraction of sp³-hybridized carbons (Fsp3) is 0.821. The molecule has 0 radical (unpaired) electrons. The minimum Gasteiger partial charge on any atom is -0.482 e. The lowest BCUT2D eigenvalue weighted by atomic mass is 9.73. The molecule has 1 aromatic carbocycles. The van der Waals surface area contributed by atoms with Crippen molar-refractivity contribution in [2.75, 3.05) is 13.2 Å². The first-order valence-corrected chi connectivity index (χ1v) is 18.6. The zero-order valence-electron chi connectivity index (χ0n) is 28.5. The Morgan fingerprint density at radius 2 is 1.33 bits per heavy atom. The molecule has 0 fully saturated rings. The number of hydrogen-bond acceptors (Lipinski definition) is 4. The van der Waals surface area contributed by atoms with Crippen molar-refractivity contribution in [1.29, 1.82) is 0 Å². The van der Waals surface area contributed by atoms with Crippen LogP contribution < -0.4 is 4.74 Å². The van der Waals surface area contributed by atoms with Gasteiger partial charge in [0.05, 0.1) is 12.7 Å². The Hall–Kier alpha value is -1.55. The summed E-state index contributed by atoms with van der Waals surface area (Å²) in [5.74, 6) is 1.42. The molecular weight excluding hydrogens is 532 g/mol. The van der Waals surface area contributed by atoms with Crippen LogP contribution in [-0.4, -0.2) is 30.4 Å². The first-order valence-electron chi connectivity index (χ1n) is 18.6. The van der Waals surface area contributed by atoms with Crippen molar-refractivity contribution in [2.45, 2.75) is 181 Å². The van der Waals surface area contributed by atoms with Gasteiger partial charge in [0.15, 0.2) is 6.61 Å². The van der Waals surface area contributed by atoms with Gasteiger partial charge in [-0.05, 0) is 68.1 Å². The summed E-state index contributed by atoms with van der Waals surface area (Å²) in [5, 5.41) is 10.6. The fourth-order valence-corrected chi connectivity index (χ4v) is 6.99. The highest BCUT2D eigenvalue weighted by Gasteiger charge is 2.30. The summed E-state index contributed by atoms with van der Waals surface area (Å²) in [6.45, 7) is 6.98. The normalized spacial score (nSPS) is 16.0. The number of fused-ring (bicyclic) bond motifs is 1. The first kappa shape index (κ1) is 37.6. The molecule has 4 heteroatoms. The van der Waals surface area contributed by atoms with E-state index in [4.69, 9.17) is 9.47 Å². The summed E-state index contributed by atoms with van der Waals surface area (Å²) in [6, 6.07) is 6.23. The van der Waals surface area contributed by atoms with Crippen LogP contribution >= 0.6 is 0 Å². The number of carbonyl (C=O) groups excluding carboxylic acids is 1. The molecule has 1 aliphatic carbocycles. The number of aliphatic hydroxyl groups excluding tert-OH is 1. The summed E-state index contributed by atoms with van der Waals surface area (Å²) in [5.41, 5.74) is 2.56. The molecule has 3 atom stereocenters. The third-order valence-corrected chi connectivity index (χ3v) is 9.70. The van der Waals surface area contributed by atoms with Gasteiger partial charge in [-0.15, -0.1) is 0 Å². The van der Waals surface area contributed by atoms with E-state index in [0.717, 1.165) is 44.3 Å². The summed E-state index contributed by atoms with van der Waals surface area (Å²) in [4.78, 5) is 12.3. The zero-order chi connectivity index (χ0) is 31.0. The summed E-state index contributed by atoms with van der Waals surface area (Å²) in [7, 11) is 0. The molecule has 1 unspecified atom stereocenters. The average molecular weight is 601 g/mol. The second-order valence-corrected chi connectivity index (χ2v) is 13.5. The van der Waals surface area contributed by atoms with Crippen molar-refractivity contribution in [3.8, 4) is 5.75 Å². The fourth-order valence-electron chi connectivity index (χ4n) is 6.99. The SMILES string of the molecule is CCCCCCCCCCCCCCCCOC(=O)COc1cccc2c1CC[C@@H](C(CCCCCCCC)[C@@H](C)O)C2. The molecule has 0 spiro atoms. The highest BCUT2D eigenvalue weighted by atomic mass is 16.6. The van der Waals surface area contributed by atoms with E-state index in [1.165, 1.54) is 127 Å². The lowest BCUT2D eigenvalue weighted by Gasteiger charge is -2.34. The van der Waals surface area contributed by atoms with Gasteiger partial charge in [-0.25, -0.2) is 4.79 Å². The van der Waals surface area contributed by atoms with Crippen molar-refractivity contribution in [2.24, 2.45) is 11.8 Å². The third-order valence-electron chi connectivity index (χ3n) is 9.70. The van der Waals surface area contributed by atoms with E-state index < -0.39 is 0 Å². The molecular formula is C39H68O4. The minimum absolute atomic E-state index is 0.0210. The molecule has 0 bridgehead atoms.